The number of Topliss-reactive ketones (excluding diaryl/α,β-unsaturated/α-hetero) is 1. The molecule has 3 aliphatic heterocycles. The van der Waals surface area contributed by atoms with Crippen LogP contribution in [0.5, 0.6) is 0 Å². The van der Waals surface area contributed by atoms with Gasteiger partial charge in [-0.1, -0.05) is 45.9 Å². The number of ketones is 1. The van der Waals surface area contributed by atoms with E-state index in [-0.39, 0.29) is 56.1 Å². The van der Waals surface area contributed by atoms with Gasteiger partial charge in [0.25, 0.3) is 0 Å². The van der Waals surface area contributed by atoms with E-state index in [1.54, 1.807) is 61.0 Å². The molecule has 74 heavy (non-hydrogen) atoms. The first kappa shape index (κ1) is 60.8. The smallest absolute Gasteiger partial charge is 0.407 e. The zero-order valence-corrected chi connectivity index (χ0v) is 46.1. The third-order valence-electron chi connectivity index (χ3n) is 15.8. The maximum atomic E-state index is 14.5. The fraction of sp³-hybridized carbons (Fsp3) is 0.759. The summed E-state index contributed by atoms with van der Waals surface area (Å²) in [7, 11) is 6.73. The van der Waals surface area contributed by atoms with Gasteiger partial charge >= 0.3 is 12.1 Å². The molecule has 1 unspecified atom stereocenters. The Morgan fingerprint density at radius 1 is 0.892 bits per heavy atom. The number of aliphatic hydroxyl groups is 3. The fourth-order valence-corrected chi connectivity index (χ4v) is 11.2. The number of aliphatic hydroxyl groups excluding tert-OH is 2. The number of ether oxygens (including phenoxy) is 8. The van der Waals surface area contributed by atoms with Crippen LogP contribution in [0.25, 0.3) is 5.69 Å². The summed E-state index contributed by atoms with van der Waals surface area (Å²) in [6.07, 6.45) is -3.69. The molecule has 18 atom stereocenters. The van der Waals surface area contributed by atoms with E-state index in [1.807, 2.05) is 67.9 Å². The van der Waals surface area contributed by atoms with Crippen molar-refractivity contribution in [2.75, 3.05) is 41.4 Å². The summed E-state index contributed by atoms with van der Waals surface area (Å²) in [5.41, 5.74) is -2.77. The second-order valence-corrected chi connectivity index (χ2v) is 21.8. The van der Waals surface area contributed by atoms with E-state index in [1.165, 1.54) is 21.1 Å². The number of benzene rings is 1. The van der Waals surface area contributed by atoms with Gasteiger partial charge in [-0.25, -0.2) is 9.78 Å². The lowest BCUT2D eigenvalue weighted by atomic mass is 9.74. The molecule has 3 aliphatic rings. The Bertz CT molecular complexity index is 2130. The van der Waals surface area contributed by atoms with Crippen molar-refractivity contribution in [2.45, 2.75) is 198 Å². The molecule has 2 amide bonds. The largest absolute Gasteiger partial charge is 0.459 e. The van der Waals surface area contributed by atoms with E-state index in [0.717, 1.165) is 11.3 Å². The first-order valence-corrected chi connectivity index (χ1v) is 26.3. The molecule has 2 aromatic rings. The van der Waals surface area contributed by atoms with E-state index >= 15 is 0 Å². The van der Waals surface area contributed by atoms with Crippen LogP contribution in [0.4, 0.5) is 4.79 Å². The Morgan fingerprint density at radius 2 is 1.54 bits per heavy atom. The van der Waals surface area contributed by atoms with E-state index in [9.17, 15) is 34.5 Å². The lowest BCUT2D eigenvalue weighted by molar-refractivity contribution is -0.319. The summed E-state index contributed by atoms with van der Waals surface area (Å²) < 4.78 is 53.0. The number of hydrogen-bond acceptors (Lipinski definition) is 17. The topological polar surface area (TPSA) is 248 Å². The first-order valence-electron chi connectivity index (χ1n) is 26.3. The van der Waals surface area contributed by atoms with E-state index < -0.39 is 108 Å². The van der Waals surface area contributed by atoms with Crippen LogP contribution in [0.3, 0.4) is 0 Å². The second-order valence-electron chi connectivity index (χ2n) is 21.8. The monoisotopic (exact) mass is 1050 g/mol. The minimum Gasteiger partial charge on any atom is -0.459 e. The zero-order valence-electron chi connectivity index (χ0n) is 46.1. The van der Waals surface area contributed by atoms with Crippen LogP contribution in [0.2, 0.25) is 0 Å². The highest BCUT2D eigenvalue weighted by Gasteiger charge is 2.55. The molecule has 5 rings (SSSR count). The molecule has 0 spiro atoms. The number of unbranched alkanes of at least 4 members (excludes halogenated alkanes) is 1. The van der Waals surface area contributed by atoms with Crippen LogP contribution in [0.1, 0.15) is 113 Å². The number of imidazole rings is 1. The Kier molecular flexibility index (Phi) is 21.6. The number of carbonyl (C=O) groups excluding carboxylic acids is 4. The van der Waals surface area contributed by atoms with Crippen molar-refractivity contribution >= 4 is 23.8 Å². The molecule has 5 N–H and O–H groups in total. The number of likely N-dealkylation sites (N-methyl/N-ethyl adjacent to an activating group) is 1. The molecule has 3 fully saturated rings. The summed E-state index contributed by atoms with van der Waals surface area (Å²) in [5.74, 6) is -4.92. The van der Waals surface area contributed by atoms with Gasteiger partial charge in [-0.3, -0.25) is 14.4 Å². The molecule has 20 nitrogen and oxygen atoms in total. The maximum Gasteiger partial charge on any atom is 0.407 e. The lowest BCUT2D eigenvalue weighted by Gasteiger charge is -2.50. The number of cyclic esters (lactones) is 1. The van der Waals surface area contributed by atoms with Gasteiger partial charge in [-0.2, -0.15) is 0 Å². The van der Waals surface area contributed by atoms with Gasteiger partial charge in [0.05, 0.1) is 60.5 Å². The number of rotatable bonds is 17. The second kappa shape index (κ2) is 26.3. The molecule has 0 saturated carbocycles. The van der Waals surface area contributed by atoms with E-state index in [4.69, 9.17) is 37.9 Å². The maximum absolute atomic E-state index is 14.5. The molecule has 3 saturated heterocycles. The number of carbonyl (C=O) groups is 4. The molecule has 20 heteroatoms. The summed E-state index contributed by atoms with van der Waals surface area (Å²) in [6, 6.07) is 7.31. The number of hydrogen-bond donors (Lipinski definition) is 5. The average Bonchev–Trinajstić information content (AvgIpc) is 3.90. The Hall–Kier alpha value is -4.09. The number of para-hydroxylation sites is 1. The minimum absolute atomic E-state index is 0.0325. The molecular weight excluding hydrogens is 959 g/mol. The van der Waals surface area contributed by atoms with Crippen LogP contribution < -0.4 is 10.6 Å². The molecule has 1 aromatic carbocycles. The van der Waals surface area contributed by atoms with Crippen molar-refractivity contribution < 1.29 is 72.4 Å². The van der Waals surface area contributed by atoms with Crippen LogP contribution >= 0.6 is 0 Å². The van der Waals surface area contributed by atoms with Crippen molar-refractivity contribution in [3.63, 3.8) is 0 Å². The molecule has 418 valence electrons. The number of alkyl carbamates (subject to hydrolysis) is 1. The van der Waals surface area contributed by atoms with Crippen LogP contribution in [-0.4, -0.2) is 179 Å². The van der Waals surface area contributed by atoms with Crippen molar-refractivity contribution in [1.82, 2.24) is 25.1 Å². The highest BCUT2D eigenvalue weighted by Crippen LogP contribution is 2.42. The van der Waals surface area contributed by atoms with Gasteiger partial charge in [0, 0.05) is 69.9 Å². The number of amides is 2. The number of nitrogens with one attached hydrogen (secondary N) is 2. The van der Waals surface area contributed by atoms with Crippen molar-refractivity contribution in [1.29, 1.82) is 0 Å². The highest BCUT2D eigenvalue weighted by atomic mass is 16.7. The van der Waals surface area contributed by atoms with Crippen LogP contribution in [0, 0.1) is 23.7 Å². The van der Waals surface area contributed by atoms with E-state index in [2.05, 4.69) is 15.6 Å². The van der Waals surface area contributed by atoms with Crippen molar-refractivity contribution in [3.8, 4) is 5.69 Å². The first-order chi connectivity index (χ1) is 34.8. The van der Waals surface area contributed by atoms with Crippen LogP contribution in [0.15, 0.2) is 43.0 Å². The predicted molar refractivity (Wildman–Crippen MR) is 273 cm³/mol. The summed E-state index contributed by atoms with van der Waals surface area (Å²) in [5, 5.41) is 41.0. The van der Waals surface area contributed by atoms with Crippen LogP contribution in [-0.2, 0) is 58.7 Å². The van der Waals surface area contributed by atoms with E-state index in [0.29, 0.717) is 25.8 Å². The zero-order chi connectivity index (χ0) is 54.9. The molecule has 4 heterocycles. The molecule has 0 bridgehead atoms. The van der Waals surface area contributed by atoms with Gasteiger partial charge in [0.15, 0.2) is 18.7 Å². The molecule has 1 aromatic heterocycles. The quantitative estimate of drug-likeness (QED) is 0.108. The molecular formula is C54H87N5O15. The molecule has 0 aliphatic carbocycles. The predicted octanol–water partition coefficient (Wildman–Crippen LogP) is 4.50. The highest BCUT2D eigenvalue weighted by molar-refractivity contribution is 5.83. The Labute approximate surface area is 437 Å². The number of methoxy groups -OCH3 is 2. The van der Waals surface area contributed by atoms with Crippen molar-refractivity contribution in [3.05, 3.63) is 48.5 Å². The Balaban J connectivity index is 1.33. The molecule has 0 radical (unpaired) electrons. The van der Waals surface area contributed by atoms with Gasteiger partial charge in [-0.15, -0.1) is 0 Å². The number of esters is 1. The average molecular weight is 1050 g/mol. The Morgan fingerprint density at radius 3 is 2.16 bits per heavy atom. The number of nitrogens with zero attached hydrogens (tertiary/aromatic N) is 3. The van der Waals surface area contributed by atoms with Gasteiger partial charge in [0.1, 0.15) is 29.2 Å². The van der Waals surface area contributed by atoms with Crippen molar-refractivity contribution in [2.24, 2.45) is 23.7 Å². The standard InChI is InChI=1S/C54H87N5O15/c1-15-40-54(10,66)46(63)33(4)43(61)31(2)28-52(8,67-13)47(73-50-44(62)39(58(11)12)26-32(3)69-50)34(5)45(35(6)49(64)71-40)72-42-29-53(9,68-14)48(36(7)70-42)74-51(65)57-23-19-18-22-56-41(60)27-37-20-16-17-21-38(37)59-25-24-55-30-59/h16-17,20-21,24-25,30-36,39-40,42,44-48,50,62-63,66H,15,18-19,22-23,26-29H2,1-14H3,(H,56,60)(H,57,65)/t31-,32-,33-,34-,35-,36+,39+,40+,42+,44-,45+,46+,47?,48+,50+,52-,53-,54-/m1/s1. The third-order valence-corrected chi connectivity index (χ3v) is 15.8. The summed E-state index contributed by atoms with van der Waals surface area (Å²) in [4.78, 5) is 60.9. The SMILES string of the molecule is CC[C@@H]1OC(=O)[C@H](C)[C@@H](O[C@H]2C[C@@](C)(OC)[C@@H](OC(=O)NCCCCNC(=O)Cc3ccccc3-n3ccnc3)[C@H](C)O2)[C@@H](C)C(O[C@@H]2O[C@H](C)C[C@H](N(C)C)[C@H]2O)[C@](C)(OC)C[C@@H](C)C(=O)[C@@H](C)[C@H](O)[C@]1(C)O. The lowest BCUT2D eigenvalue weighted by Crippen LogP contribution is -2.62. The van der Waals surface area contributed by atoms with Gasteiger partial charge in [-0.05, 0) is 99.4 Å². The van der Waals surface area contributed by atoms with Gasteiger partial charge in [0.2, 0.25) is 5.91 Å². The summed E-state index contributed by atoms with van der Waals surface area (Å²) in [6.45, 7) is 17.7. The number of aromatic nitrogens is 2. The van der Waals surface area contributed by atoms with Gasteiger partial charge < -0.3 is 73.3 Å². The third kappa shape index (κ3) is 14.5. The minimum atomic E-state index is -2.02. The normalized spacial score (nSPS) is 37.7. The summed E-state index contributed by atoms with van der Waals surface area (Å²) >= 11 is 0. The fourth-order valence-electron chi connectivity index (χ4n) is 11.2.